The maximum atomic E-state index is 2.33. The molecule has 0 fully saturated rings. The molecular formula is C18H48. The Morgan fingerprint density at radius 3 is 0.778 bits per heavy atom. The van der Waals surface area contributed by atoms with E-state index in [1.807, 2.05) is 0 Å². The van der Waals surface area contributed by atoms with Gasteiger partial charge in [0.2, 0.25) is 0 Å². The third-order valence-electron chi connectivity index (χ3n) is 3.65. The zero-order valence-corrected chi connectivity index (χ0v) is 11.6. The SMILES string of the molecule is C.C.C.C.CCC(C)C(C)CC.CCC(C)CC. The fourth-order valence-electron chi connectivity index (χ4n) is 1.09. The highest BCUT2D eigenvalue weighted by molar-refractivity contribution is 4.56. The van der Waals surface area contributed by atoms with Crippen LogP contribution < -0.4 is 0 Å². The zero-order chi connectivity index (χ0) is 11.6. The lowest BCUT2D eigenvalue weighted by atomic mass is 9.92. The summed E-state index contributed by atoms with van der Waals surface area (Å²) in [7, 11) is 0. The molecule has 0 heteroatoms. The van der Waals surface area contributed by atoms with E-state index in [9.17, 15) is 0 Å². The molecule has 0 rings (SSSR count). The molecule has 0 aromatic rings. The van der Waals surface area contributed by atoms with Crippen molar-refractivity contribution in [1.29, 1.82) is 0 Å². The molecule has 0 saturated carbocycles. The van der Waals surface area contributed by atoms with E-state index in [1.165, 1.54) is 25.7 Å². The minimum absolute atomic E-state index is 0. The molecule has 0 heterocycles. The van der Waals surface area contributed by atoms with Crippen LogP contribution in [0.5, 0.6) is 0 Å². The molecule has 0 saturated heterocycles. The average molecular weight is 265 g/mol. The van der Waals surface area contributed by atoms with E-state index < -0.39 is 0 Å². The Hall–Kier alpha value is 0. The first-order valence-corrected chi connectivity index (χ1v) is 6.53. The lowest BCUT2D eigenvalue weighted by molar-refractivity contribution is 0.367. The van der Waals surface area contributed by atoms with Gasteiger partial charge in [0.25, 0.3) is 0 Å². The van der Waals surface area contributed by atoms with Crippen LogP contribution in [0.15, 0.2) is 0 Å². The Labute approximate surface area is 122 Å². The lowest BCUT2D eigenvalue weighted by Crippen LogP contribution is -2.04. The standard InChI is InChI=1S/C8H18.C6H14.4CH4/c1-5-7(3)8(4)6-2;1-4-6(3)5-2;;;;/h7-8H,5-6H2,1-4H3;6H,4-5H2,1-3H3;4*1H4. The summed E-state index contributed by atoms with van der Waals surface area (Å²) < 4.78 is 0. The van der Waals surface area contributed by atoms with Crippen molar-refractivity contribution in [3.8, 4) is 0 Å². The van der Waals surface area contributed by atoms with Gasteiger partial charge in [0.15, 0.2) is 0 Å². The summed E-state index contributed by atoms with van der Waals surface area (Å²) in [6.07, 6.45) is 5.32. The number of hydrogen-bond acceptors (Lipinski definition) is 0. The monoisotopic (exact) mass is 264 g/mol. The molecule has 0 aliphatic rings. The minimum Gasteiger partial charge on any atom is -0.0776 e. The average Bonchev–Trinajstić information content (AvgIpc) is 2.26. The molecule has 0 aliphatic heterocycles. The number of hydrogen-bond donors (Lipinski definition) is 0. The van der Waals surface area contributed by atoms with Gasteiger partial charge in [-0.15, -0.1) is 0 Å². The Balaban J connectivity index is -0.0000000335. The van der Waals surface area contributed by atoms with Crippen LogP contribution in [0.4, 0.5) is 0 Å². The zero-order valence-electron chi connectivity index (χ0n) is 11.6. The van der Waals surface area contributed by atoms with E-state index in [-0.39, 0.29) is 29.7 Å². The smallest absolute Gasteiger partial charge is 0.0420 e. The van der Waals surface area contributed by atoms with E-state index in [0.717, 1.165) is 17.8 Å². The van der Waals surface area contributed by atoms with Crippen molar-refractivity contribution in [1.82, 2.24) is 0 Å². The van der Waals surface area contributed by atoms with Crippen molar-refractivity contribution >= 4 is 0 Å². The van der Waals surface area contributed by atoms with Crippen molar-refractivity contribution in [2.24, 2.45) is 17.8 Å². The topological polar surface area (TPSA) is 0 Å². The predicted molar refractivity (Wildman–Crippen MR) is 95.6 cm³/mol. The van der Waals surface area contributed by atoms with Crippen LogP contribution in [0.1, 0.15) is 104 Å². The van der Waals surface area contributed by atoms with Gasteiger partial charge in [-0.2, -0.15) is 0 Å². The van der Waals surface area contributed by atoms with Crippen LogP contribution in [0, 0.1) is 17.8 Å². The van der Waals surface area contributed by atoms with Gasteiger partial charge in [-0.3, -0.25) is 0 Å². The van der Waals surface area contributed by atoms with Crippen LogP contribution in [0.25, 0.3) is 0 Å². The summed E-state index contributed by atoms with van der Waals surface area (Å²) in [4.78, 5) is 0. The quantitative estimate of drug-likeness (QED) is 0.471. The van der Waals surface area contributed by atoms with Crippen LogP contribution in [0.3, 0.4) is 0 Å². The normalized spacial score (nSPS) is 11.3. The summed E-state index contributed by atoms with van der Waals surface area (Å²) in [6.45, 7) is 15.9. The van der Waals surface area contributed by atoms with Gasteiger partial charge in [-0.25, -0.2) is 0 Å². The molecule has 2 atom stereocenters. The maximum absolute atomic E-state index is 2.33. The van der Waals surface area contributed by atoms with Crippen LogP contribution in [-0.2, 0) is 0 Å². The largest absolute Gasteiger partial charge is 0.0776 e. The molecule has 0 spiro atoms. The molecule has 0 aliphatic carbocycles. The molecule has 0 bridgehead atoms. The second-order valence-electron chi connectivity index (χ2n) is 4.69. The van der Waals surface area contributed by atoms with Crippen molar-refractivity contribution in [3.05, 3.63) is 0 Å². The van der Waals surface area contributed by atoms with Gasteiger partial charge < -0.3 is 0 Å². The summed E-state index contributed by atoms with van der Waals surface area (Å²) in [5.74, 6) is 2.77. The molecule has 0 N–H and O–H groups in total. The lowest BCUT2D eigenvalue weighted by Gasteiger charge is -2.14. The molecule has 2 unspecified atom stereocenters. The molecule has 0 aromatic carbocycles. The summed E-state index contributed by atoms with van der Waals surface area (Å²) >= 11 is 0. The van der Waals surface area contributed by atoms with Gasteiger partial charge in [0.05, 0.1) is 0 Å². The van der Waals surface area contributed by atoms with Crippen LogP contribution in [0.2, 0.25) is 0 Å². The second kappa shape index (κ2) is 25.8. The first-order chi connectivity index (χ1) is 6.53. The summed E-state index contributed by atoms with van der Waals surface area (Å²) in [5, 5.41) is 0. The highest BCUT2D eigenvalue weighted by Crippen LogP contribution is 2.16. The van der Waals surface area contributed by atoms with Gasteiger partial charge in [0.1, 0.15) is 0 Å². The van der Waals surface area contributed by atoms with E-state index in [4.69, 9.17) is 0 Å². The third kappa shape index (κ3) is 25.0. The highest BCUT2D eigenvalue weighted by Gasteiger charge is 2.05. The second-order valence-corrected chi connectivity index (χ2v) is 4.69. The molecule has 0 radical (unpaired) electrons. The van der Waals surface area contributed by atoms with Crippen molar-refractivity contribution in [2.75, 3.05) is 0 Å². The predicted octanol–water partition coefficient (Wildman–Crippen LogP) is 8.07. The Morgan fingerprint density at radius 1 is 0.500 bits per heavy atom. The highest BCUT2D eigenvalue weighted by atomic mass is 14.1. The third-order valence-corrected chi connectivity index (χ3v) is 3.65. The summed E-state index contributed by atoms with van der Waals surface area (Å²) in [6, 6.07) is 0. The van der Waals surface area contributed by atoms with Crippen molar-refractivity contribution in [2.45, 2.75) is 104 Å². The van der Waals surface area contributed by atoms with Crippen molar-refractivity contribution < 1.29 is 0 Å². The van der Waals surface area contributed by atoms with Gasteiger partial charge in [0, 0.05) is 0 Å². The molecule has 0 amide bonds. The molecule has 0 nitrogen and oxygen atoms in total. The first kappa shape index (κ1) is 36.1. The molecule has 18 heavy (non-hydrogen) atoms. The van der Waals surface area contributed by atoms with E-state index in [1.54, 1.807) is 0 Å². The van der Waals surface area contributed by atoms with Crippen LogP contribution in [-0.4, -0.2) is 0 Å². The van der Waals surface area contributed by atoms with Gasteiger partial charge in [-0.1, -0.05) is 104 Å². The Kier molecular flexibility index (Phi) is 51.7. The fourth-order valence-corrected chi connectivity index (χ4v) is 1.09. The first-order valence-electron chi connectivity index (χ1n) is 6.53. The van der Waals surface area contributed by atoms with Gasteiger partial charge >= 0.3 is 0 Å². The van der Waals surface area contributed by atoms with E-state index in [0.29, 0.717) is 0 Å². The Bertz CT molecular complexity index is 84.2. The Morgan fingerprint density at radius 2 is 0.722 bits per heavy atom. The maximum Gasteiger partial charge on any atom is -0.0420 e. The minimum atomic E-state index is 0. The molecular weight excluding hydrogens is 216 g/mol. The van der Waals surface area contributed by atoms with E-state index in [2.05, 4.69) is 48.5 Å². The fraction of sp³-hybridized carbons (Fsp3) is 1.00. The number of rotatable bonds is 5. The van der Waals surface area contributed by atoms with Gasteiger partial charge in [-0.05, 0) is 17.8 Å². The van der Waals surface area contributed by atoms with E-state index >= 15 is 0 Å². The van der Waals surface area contributed by atoms with Crippen LogP contribution >= 0.6 is 0 Å². The molecule has 120 valence electrons. The van der Waals surface area contributed by atoms with Crippen molar-refractivity contribution in [3.63, 3.8) is 0 Å². The molecule has 0 aromatic heterocycles. The summed E-state index contributed by atoms with van der Waals surface area (Å²) in [5.41, 5.74) is 0.